The molecule has 3 aliphatic heterocycles. The molecule has 0 spiro atoms. The minimum Gasteiger partial charge on any atom is -0.305 e. The van der Waals surface area contributed by atoms with E-state index in [-0.39, 0.29) is 0 Å². The maximum atomic E-state index is 4.02. The minimum atomic E-state index is 0.583. The number of nitrogens with zero attached hydrogens (tertiary/aromatic N) is 1. The van der Waals surface area contributed by atoms with Gasteiger partial charge in [0.15, 0.2) is 0 Å². The summed E-state index contributed by atoms with van der Waals surface area (Å²) in [6.45, 7) is 2.64. The number of fused-ring (bicyclic) bond motifs is 2. The molecule has 3 aliphatic rings. The van der Waals surface area contributed by atoms with E-state index in [0.717, 1.165) is 12.1 Å². The van der Waals surface area contributed by atoms with Crippen molar-refractivity contribution in [2.24, 2.45) is 0 Å². The van der Waals surface area contributed by atoms with Crippen molar-refractivity contribution in [1.82, 2.24) is 10.2 Å². The van der Waals surface area contributed by atoms with E-state index in [9.17, 15) is 0 Å². The molecule has 0 radical (unpaired) electrons. The number of thioether (sulfide) groups is 1. The first-order valence-electron chi connectivity index (χ1n) is 8.13. The molecular formula is C17H24N2S. The molecule has 2 fully saturated rings. The van der Waals surface area contributed by atoms with Gasteiger partial charge in [0.25, 0.3) is 0 Å². The molecule has 0 aliphatic carbocycles. The third kappa shape index (κ3) is 2.40. The molecule has 20 heavy (non-hydrogen) atoms. The van der Waals surface area contributed by atoms with Crippen LogP contribution in [0.15, 0.2) is 29.2 Å². The molecule has 108 valence electrons. The van der Waals surface area contributed by atoms with Crippen molar-refractivity contribution in [3.8, 4) is 0 Å². The molecule has 3 heteroatoms. The lowest BCUT2D eigenvalue weighted by Gasteiger charge is -2.35. The van der Waals surface area contributed by atoms with Crippen LogP contribution in [-0.2, 0) is 0 Å². The molecule has 0 bridgehead atoms. The van der Waals surface area contributed by atoms with E-state index < -0.39 is 0 Å². The molecular weight excluding hydrogens is 264 g/mol. The van der Waals surface area contributed by atoms with E-state index in [1.54, 1.807) is 0 Å². The summed E-state index contributed by atoms with van der Waals surface area (Å²) < 4.78 is 0. The normalized spacial score (nSPS) is 33.7. The fourth-order valence-electron chi connectivity index (χ4n) is 4.22. The first-order chi connectivity index (χ1) is 9.92. The highest BCUT2D eigenvalue weighted by atomic mass is 32.2. The zero-order valence-corrected chi connectivity index (χ0v) is 12.9. The molecule has 1 N–H and O–H groups in total. The molecule has 1 aromatic rings. The summed E-state index contributed by atoms with van der Waals surface area (Å²) in [6.07, 6.45) is 6.87. The number of rotatable bonds is 2. The highest BCUT2D eigenvalue weighted by Gasteiger charge is 2.37. The van der Waals surface area contributed by atoms with Crippen LogP contribution in [0.3, 0.4) is 0 Å². The Morgan fingerprint density at radius 1 is 1.05 bits per heavy atom. The second kappa shape index (κ2) is 5.70. The maximum absolute atomic E-state index is 4.02. The number of benzene rings is 1. The van der Waals surface area contributed by atoms with Crippen molar-refractivity contribution in [2.45, 2.75) is 55.1 Å². The van der Waals surface area contributed by atoms with Gasteiger partial charge in [-0.1, -0.05) is 24.6 Å². The Bertz CT molecular complexity index is 476. The Labute approximate surface area is 126 Å². The fourth-order valence-corrected chi connectivity index (χ4v) is 5.34. The fraction of sp³-hybridized carbons (Fsp3) is 0.647. The largest absolute Gasteiger partial charge is 0.305 e. The molecule has 2 nitrogen and oxygen atoms in total. The second-order valence-electron chi connectivity index (χ2n) is 6.39. The van der Waals surface area contributed by atoms with Gasteiger partial charge in [0.1, 0.15) is 0 Å². The first kappa shape index (κ1) is 13.2. The lowest BCUT2D eigenvalue weighted by atomic mass is 9.96. The summed E-state index contributed by atoms with van der Waals surface area (Å²) in [6, 6.07) is 11.1. The van der Waals surface area contributed by atoms with Crippen molar-refractivity contribution in [3.05, 3.63) is 29.8 Å². The summed E-state index contributed by atoms with van der Waals surface area (Å²) in [5, 5.41) is 4.02. The Kier molecular flexibility index (Phi) is 3.76. The van der Waals surface area contributed by atoms with Gasteiger partial charge in [-0.3, -0.25) is 4.90 Å². The summed E-state index contributed by atoms with van der Waals surface area (Å²) in [7, 11) is 0. The smallest absolute Gasteiger partial charge is 0.0342 e. The number of piperidine rings is 1. The lowest BCUT2D eigenvalue weighted by molar-refractivity contribution is 0.176. The summed E-state index contributed by atoms with van der Waals surface area (Å²) >= 11 is 2.02. The first-order valence-corrected chi connectivity index (χ1v) is 9.12. The summed E-state index contributed by atoms with van der Waals surface area (Å²) in [5.41, 5.74) is 1.54. The van der Waals surface area contributed by atoms with Crippen LogP contribution in [0, 0.1) is 0 Å². The Morgan fingerprint density at radius 2 is 2.00 bits per heavy atom. The van der Waals surface area contributed by atoms with E-state index in [1.165, 1.54) is 61.4 Å². The molecule has 3 heterocycles. The molecule has 2 saturated heterocycles. The van der Waals surface area contributed by atoms with E-state index in [1.807, 2.05) is 11.8 Å². The average molecular weight is 288 g/mol. The van der Waals surface area contributed by atoms with Crippen molar-refractivity contribution >= 4 is 11.8 Å². The van der Waals surface area contributed by atoms with E-state index in [2.05, 4.69) is 34.5 Å². The van der Waals surface area contributed by atoms with Crippen molar-refractivity contribution in [2.75, 3.05) is 18.8 Å². The van der Waals surface area contributed by atoms with Crippen molar-refractivity contribution in [1.29, 1.82) is 0 Å². The van der Waals surface area contributed by atoms with Gasteiger partial charge in [-0.05, 0) is 49.6 Å². The van der Waals surface area contributed by atoms with Gasteiger partial charge in [0.05, 0.1) is 0 Å². The molecule has 3 atom stereocenters. The van der Waals surface area contributed by atoms with Gasteiger partial charge in [0.2, 0.25) is 0 Å². The Balaban J connectivity index is 1.50. The van der Waals surface area contributed by atoms with Crippen LogP contribution in [-0.4, -0.2) is 35.8 Å². The highest BCUT2D eigenvalue weighted by Crippen LogP contribution is 2.37. The summed E-state index contributed by atoms with van der Waals surface area (Å²) in [5.74, 6) is 1.26. The quantitative estimate of drug-likeness (QED) is 0.897. The Hall–Kier alpha value is -0.510. The molecule has 0 amide bonds. The second-order valence-corrected chi connectivity index (χ2v) is 7.53. The van der Waals surface area contributed by atoms with Gasteiger partial charge >= 0.3 is 0 Å². The highest BCUT2D eigenvalue weighted by molar-refractivity contribution is 7.99. The SMILES string of the molecule is c1ccc2c(c1)SCCC2NC1CCN2CCCCC12. The average Bonchev–Trinajstić information content (AvgIpc) is 2.91. The van der Waals surface area contributed by atoms with E-state index in [0.29, 0.717) is 6.04 Å². The van der Waals surface area contributed by atoms with Gasteiger partial charge in [-0.2, -0.15) is 0 Å². The topological polar surface area (TPSA) is 15.3 Å². The monoisotopic (exact) mass is 288 g/mol. The van der Waals surface area contributed by atoms with Crippen LogP contribution < -0.4 is 5.32 Å². The zero-order valence-electron chi connectivity index (χ0n) is 12.1. The molecule has 1 aromatic carbocycles. The van der Waals surface area contributed by atoms with Crippen molar-refractivity contribution in [3.63, 3.8) is 0 Å². The lowest BCUT2D eigenvalue weighted by Crippen LogP contribution is -2.46. The van der Waals surface area contributed by atoms with Crippen molar-refractivity contribution < 1.29 is 0 Å². The molecule has 0 saturated carbocycles. The van der Waals surface area contributed by atoms with Gasteiger partial charge < -0.3 is 5.32 Å². The van der Waals surface area contributed by atoms with Gasteiger partial charge in [0, 0.05) is 29.6 Å². The van der Waals surface area contributed by atoms with Crippen LogP contribution in [0.4, 0.5) is 0 Å². The van der Waals surface area contributed by atoms with Crippen LogP contribution in [0.25, 0.3) is 0 Å². The third-order valence-electron chi connectivity index (χ3n) is 5.23. The van der Waals surface area contributed by atoms with Gasteiger partial charge in [-0.25, -0.2) is 0 Å². The molecule has 0 aromatic heterocycles. The number of hydrogen-bond acceptors (Lipinski definition) is 3. The van der Waals surface area contributed by atoms with Crippen LogP contribution in [0.2, 0.25) is 0 Å². The standard InChI is InChI=1S/C17H24N2S/c1-2-7-17-13(5-1)14(9-12-20-17)18-15-8-11-19-10-4-3-6-16(15)19/h1-2,5,7,14-16,18H,3-4,6,8-12H2. The van der Waals surface area contributed by atoms with Crippen LogP contribution >= 0.6 is 11.8 Å². The predicted octanol–water partition coefficient (Wildman–Crippen LogP) is 3.44. The number of hydrogen-bond donors (Lipinski definition) is 1. The predicted molar refractivity (Wildman–Crippen MR) is 85.3 cm³/mol. The molecule has 4 rings (SSSR count). The van der Waals surface area contributed by atoms with E-state index >= 15 is 0 Å². The third-order valence-corrected chi connectivity index (χ3v) is 6.35. The van der Waals surface area contributed by atoms with Crippen LogP contribution in [0.5, 0.6) is 0 Å². The minimum absolute atomic E-state index is 0.583. The Morgan fingerprint density at radius 3 is 3.00 bits per heavy atom. The number of nitrogens with one attached hydrogen (secondary N) is 1. The van der Waals surface area contributed by atoms with Crippen LogP contribution in [0.1, 0.15) is 43.7 Å². The molecule has 3 unspecified atom stereocenters. The summed E-state index contributed by atoms with van der Waals surface area (Å²) in [4.78, 5) is 4.22. The van der Waals surface area contributed by atoms with Gasteiger partial charge in [-0.15, -0.1) is 11.8 Å². The maximum Gasteiger partial charge on any atom is 0.0342 e. The van der Waals surface area contributed by atoms with E-state index in [4.69, 9.17) is 0 Å². The zero-order chi connectivity index (χ0) is 13.4.